The molecule has 0 aliphatic rings. The van der Waals surface area contributed by atoms with E-state index in [9.17, 15) is 4.79 Å². The minimum Gasteiger partial charge on any atom is -0.496 e. The second-order valence-electron chi connectivity index (χ2n) is 3.94. The molecule has 0 saturated carbocycles. The summed E-state index contributed by atoms with van der Waals surface area (Å²) in [5.74, 6) is 1.23. The molecule has 5 nitrogen and oxygen atoms in total. The van der Waals surface area contributed by atoms with Gasteiger partial charge in [-0.3, -0.25) is 4.79 Å². The molecule has 19 heavy (non-hydrogen) atoms. The molecule has 0 aliphatic heterocycles. The summed E-state index contributed by atoms with van der Waals surface area (Å²) in [6.07, 6.45) is 0. The summed E-state index contributed by atoms with van der Waals surface area (Å²) in [6, 6.07) is 3.26. The Kier molecular flexibility index (Phi) is 5.95. The van der Waals surface area contributed by atoms with Gasteiger partial charge in [0.25, 0.3) is 5.91 Å². The highest BCUT2D eigenvalue weighted by Crippen LogP contribution is 2.34. The van der Waals surface area contributed by atoms with E-state index >= 15 is 0 Å². The number of carbonyl (C=O) groups is 1. The van der Waals surface area contributed by atoms with Crippen LogP contribution in [0.2, 0.25) is 0 Å². The zero-order valence-electron chi connectivity index (χ0n) is 11.5. The molecule has 0 bridgehead atoms. The molecule has 0 fully saturated rings. The lowest BCUT2D eigenvalue weighted by molar-refractivity contribution is 0.0940. The van der Waals surface area contributed by atoms with Crippen molar-refractivity contribution in [2.24, 2.45) is 0 Å². The fourth-order valence-corrected chi connectivity index (χ4v) is 1.71. The van der Waals surface area contributed by atoms with E-state index in [1.54, 1.807) is 12.1 Å². The van der Waals surface area contributed by atoms with Crippen LogP contribution in [-0.4, -0.2) is 38.6 Å². The lowest BCUT2D eigenvalue weighted by atomic mass is 10.1. The van der Waals surface area contributed by atoms with Crippen LogP contribution in [0.3, 0.4) is 0 Å². The van der Waals surface area contributed by atoms with Gasteiger partial charge in [0.15, 0.2) is 11.5 Å². The van der Waals surface area contributed by atoms with E-state index in [-0.39, 0.29) is 11.9 Å². The minimum absolute atomic E-state index is 0.0188. The average molecular weight is 332 g/mol. The molecule has 0 radical (unpaired) electrons. The molecule has 1 N–H and O–H groups in total. The van der Waals surface area contributed by atoms with Crippen molar-refractivity contribution in [3.63, 3.8) is 0 Å². The van der Waals surface area contributed by atoms with Crippen molar-refractivity contribution in [2.75, 3.05) is 26.7 Å². The van der Waals surface area contributed by atoms with E-state index in [0.717, 1.165) is 0 Å². The lowest BCUT2D eigenvalue weighted by Gasteiger charge is -2.15. The van der Waals surface area contributed by atoms with Crippen molar-refractivity contribution in [3.8, 4) is 17.2 Å². The fraction of sp³-hybridized carbons (Fsp3) is 0.462. The van der Waals surface area contributed by atoms with Gasteiger partial charge in [-0.25, -0.2) is 0 Å². The predicted molar refractivity (Wildman–Crippen MR) is 76.8 cm³/mol. The van der Waals surface area contributed by atoms with Crippen LogP contribution in [0.15, 0.2) is 12.1 Å². The van der Waals surface area contributed by atoms with E-state index in [1.807, 2.05) is 6.92 Å². The Morgan fingerprint density at radius 3 is 2.16 bits per heavy atom. The van der Waals surface area contributed by atoms with E-state index in [1.165, 1.54) is 21.3 Å². The van der Waals surface area contributed by atoms with Crippen LogP contribution in [0, 0.1) is 0 Å². The van der Waals surface area contributed by atoms with Gasteiger partial charge in [0, 0.05) is 23.5 Å². The molecule has 6 heteroatoms. The highest BCUT2D eigenvalue weighted by atomic mass is 79.9. The first-order chi connectivity index (χ1) is 9.07. The van der Waals surface area contributed by atoms with E-state index in [4.69, 9.17) is 14.2 Å². The quantitative estimate of drug-likeness (QED) is 0.812. The smallest absolute Gasteiger partial charge is 0.255 e. The molecular formula is C13H18BrNO4. The van der Waals surface area contributed by atoms with Crippen molar-refractivity contribution in [1.82, 2.24) is 5.32 Å². The SMILES string of the molecule is COc1cc(OC)c(C(=O)NC(C)CBr)cc1OC. The molecule has 0 heterocycles. The van der Waals surface area contributed by atoms with Crippen molar-refractivity contribution >= 4 is 21.8 Å². The number of halogens is 1. The van der Waals surface area contributed by atoms with Gasteiger partial charge in [0.2, 0.25) is 0 Å². The summed E-state index contributed by atoms with van der Waals surface area (Å²) in [7, 11) is 4.56. The van der Waals surface area contributed by atoms with Gasteiger partial charge in [0.05, 0.1) is 26.9 Å². The van der Waals surface area contributed by atoms with E-state index in [2.05, 4.69) is 21.2 Å². The van der Waals surface area contributed by atoms with Crippen molar-refractivity contribution in [3.05, 3.63) is 17.7 Å². The number of alkyl halides is 1. The van der Waals surface area contributed by atoms with Gasteiger partial charge in [-0.15, -0.1) is 0 Å². The van der Waals surface area contributed by atoms with Crippen LogP contribution in [0.1, 0.15) is 17.3 Å². The number of methoxy groups -OCH3 is 3. The molecule has 1 atom stereocenters. The van der Waals surface area contributed by atoms with Crippen LogP contribution in [-0.2, 0) is 0 Å². The number of nitrogens with one attached hydrogen (secondary N) is 1. The summed E-state index contributed by atoms with van der Waals surface area (Å²) >= 11 is 3.31. The number of carbonyl (C=O) groups excluding carboxylic acids is 1. The van der Waals surface area contributed by atoms with Crippen molar-refractivity contribution in [1.29, 1.82) is 0 Å². The number of hydrogen-bond acceptors (Lipinski definition) is 4. The van der Waals surface area contributed by atoms with Crippen molar-refractivity contribution < 1.29 is 19.0 Å². The summed E-state index contributed by atoms with van der Waals surface area (Å²) < 4.78 is 15.6. The summed E-state index contributed by atoms with van der Waals surface area (Å²) in [6.45, 7) is 1.90. The van der Waals surface area contributed by atoms with Crippen LogP contribution in [0.25, 0.3) is 0 Å². The Balaban J connectivity index is 3.14. The number of hydrogen-bond donors (Lipinski definition) is 1. The number of ether oxygens (including phenoxy) is 3. The molecule has 0 aromatic heterocycles. The third-order valence-electron chi connectivity index (χ3n) is 2.56. The maximum Gasteiger partial charge on any atom is 0.255 e. The number of rotatable bonds is 6. The van der Waals surface area contributed by atoms with Gasteiger partial charge in [-0.2, -0.15) is 0 Å². The zero-order valence-corrected chi connectivity index (χ0v) is 13.0. The molecule has 1 aromatic rings. The summed E-state index contributed by atoms with van der Waals surface area (Å²) in [5, 5.41) is 3.52. The predicted octanol–water partition coefficient (Wildman–Crippen LogP) is 2.23. The third-order valence-corrected chi connectivity index (χ3v) is 3.53. The molecule has 0 spiro atoms. The van der Waals surface area contributed by atoms with Crippen LogP contribution in [0.5, 0.6) is 17.2 Å². The highest BCUT2D eigenvalue weighted by Gasteiger charge is 2.18. The maximum absolute atomic E-state index is 12.2. The van der Waals surface area contributed by atoms with Gasteiger partial charge >= 0.3 is 0 Å². The second kappa shape index (κ2) is 7.23. The third kappa shape index (κ3) is 3.76. The van der Waals surface area contributed by atoms with E-state index in [0.29, 0.717) is 28.1 Å². The topological polar surface area (TPSA) is 56.8 Å². The van der Waals surface area contributed by atoms with Crippen molar-refractivity contribution in [2.45, 2.75) is 13.0 Å². The lowest BCUT2D eigenvalue weighted by Crippen LogP contribution is -2.33. The maximum atomic E-state index is 12.2. The molecule has 106 valence electrons. The van der Waals surface area contributed by atoms with Crippen LogP contribution >= 0.6 is 15.9 Å². The molecule has 1 rings (SSSR count). The van der Waals surface area contributed by atoms with Crippen LogP contribution in [0.4, 0.5) is 0 Å². The minimum atomic E-state index is -0.218. The number of benzene rings is 1. The fourth-order valence-electron chi connectivity index (χ4n) is 1.55. The molecule has 1 amide bonds. The van der Waals surface area contributed by atoms with Gasteiger partial charge in [-0.1, -0.05) is 15.9 Å². The zero-order chi connectivity index (χ0) is 14.4. The van der Waals surface area contributed by atoms with Gasteiger partial charge < -0.3 is 19.5 Å². The first kappa shape index (κ1) is 15.6. The first-order valence-electron chi connectivity index (χ1n) is 5.74. The Hall–Kier alpha value is -1.43. The first-order valence-corrected chi connectivity index (χ1v) is 6.86. The van der Waals surface area contributed by atoms with Crippen LogP contribution < -0.4 is 19.5 Å². The Morgan fingerprint density at radius 2 is 1.68 bits per heavy atom. The monoisotopic (exact) mass is 331 g/mol. The normalized spacial score (nSPS) is 11.6. The Bertz CT molecular complexity index is 451. The standard InChI is InChI=1S/C13H18BrNO4/c1-8(7-14)15-13(16)9-5-11(18-3)12(19-4)6-10(9)17-2/h5-6,8H,7H2,1-4H3,(H,15,16). The molecular weight excluding hydrogens is 314 g/mol. The molecule has 1 unspecified atom stereocenters. The van der Waals surface area contributed by atoms with E-state index < -0.39 is 0 Å². The van der Waals surface area contributed by atoms with Gasteiger partial charge in [0.1, 0.15) is 5.75 Å². The Morgan fingerprint density at radius 1 is 1.16 bits per heavy atom. The second-order valence-corrected chi connectivity index (χ2v) is 4.58. The highest BCUT2D eigenvalue weighted by molar-refractivity contribution is 9.09. The van der Waals surface area contributed by atoms with Gasteiger partial charge in [-0.05, 0) is 6.92 Å². The Labute approximate surface area is 121 Å². The molecule has 1 aromatic carbocycles. The summed E-state index contributed by atoms with van der Waals surface area (Å²) in [4.78, 5) is 12.2. The average Bonchev–Trinajstić information content (AvgIpc) is 2.45. The molecule has 0 aliphatic carbocycles. The number of amides is 1. The molecule has 0 saturated heterocycles. The summed E-state index contributed by atoms with van der Waals surface area (Å²) in [5.41, 5.74) is 0.410. The largest absolute Gasteiger partial charge is 0.496 e.